The van der Waals surface area contributed by atoms with Crippen LogP contribution in [0.5, 0.6) is 0 Å². The Morgan fingerprint density at radius 3 is 2.67 bits per heavy atom. The fourth-order valence-corrected chi connectivity index (χ4v) is 3.03. The largest absolute Gasteiger partial charge is 0.340 e. The third kappa shape index (κ3) is 2.10. The van der Waals surface area contributed by atoms with Crippen LogP contribution in [-0.2, 0) is 9.59 Å². The Balaban J connectivity index is 2.22. The van der Waals surface area contributed by atoms with E-state index < -0.39 is 5.54 Å². The molecule has 1 atom stereocenters. The molecule has 2 amide bonds. The minimum Gasteiger partial charge on any atom is -0.340 e. The van der Waals surface area contributed by atoms with Crippen molar-refractivity contribution in [3.8, 4) is 12.3 Å². The second-order valence-electron chi connectivity index (χ2n) is 5.24. The van der Waals surface area contributed by atoms with E-state index in [1.165, 1.54) is 0 Å². The van der Waals surface area contributed by atoms with E-state index in [-0.39, 0.29) is 24.4 Å². The number of carbonyl (C=O) groups excluding carboxylic acids is 2. The SMILES string of the molecule is C#CC(CCC)N1CC(=O)NC2(CCCC2)C1=O. The number of terminal acetylenes is 1. The zero-order valence-corrected chi connectivity index (χ0v) is 10.9. The van der Waals surface area contributed by atoms with E-state index in [9.17, 15) is 9.59 Å². The Bertz CT molecular complexity index is 391. The quantitative estimate of drug-likeness (QED) is 0.759. The highest BCUT2D eigenvalue weighted by Crippen LogP contribution is 2.34. The first-order chi connectivity index (χ1) is 8.63. The van der Waals surface area contributed by atoms with Crippen LogP contribution in [0, 0.1) is 12.3 Å². The minimum atomic E-state index is -0.655. The molecule has 0 radical (unpaired) electrons. The first-order valence-electron chi connectivity index (χ1n) is 6.71. The van der Waals surface area contributed by atoms with E-state index in [1.54, 1.807) is 4.90 Å². The van der Waals surface area contributed by atoms with Crippen LogP contribution in [0.3, 0.4) is 0 Å². The normalized spacial score (nSPS) is 23.9. The summed E-state index contributed by atoms with van der Waals surface area (Å²) in [4.78, 5) is 26.0. The summed E-state index contributed by atoms with van der Waals surface area (Å²) in [7, 11) is 0. The van der Waals surface area contributed by atoms with Crippen molar-refractivity contribution in [1.29, 1.82) is 0 Å². The maximum absolute atomic E-state index is 12.6. The molecular weight excluding hydrogens is 228 g/mol. The lowest BCUT2D eigenvalue weighted by molar-refractivity contribution is -0.151. The first kappa shape index (κ1) is 12.9. The van der Waals surface area contributed by atoms with E-state index in [2.05, 4.69) is 11.2 Å². The van der Waals surface area contributed by atoms with Gasteiger partial charge < -0.3 is 10.2 Å². The zero-order valence-electron chi connectivity index (χ0n) is 10.9. The highest BCUT2D eigenvalue weighted by molar-refractivity contribution is 5.98. The van der Waals surface area contributed by atoms with E-state index >= 15 is 0 Å². The van der Waals surface area contributed by atoms with Gasteiger partial charge in [-0.3, -0.25) is 9.59 Å². The van der Waals surface area contributed by atoms with Gasteiger partial charge in [-0.25, -0.2) is 0 Å². The molecule has 2 fully saturated rings. The van der Waals surface area contributed by atoms with Gasteiger partial charge in [0, 0.05) is 0 Å². The summed E-state index contributed by atoms with van der Waals surface area (Å²) in [6.45, 7) is 2.14. The molecule has 18 heavy (non-hydrogen) atoms. The average molecular weight is 248 g/mol. The summed E-state index contributed by atoms with van der Waals surface area (Å²) >= 11 is 0. The Hall–Kier alpha value is -1.50. The summed E-state index contributed by atoms with van der Waals surface area (Å²) in [5.41, 5.74) is -0.655. The van der Waals surface area contributed by atoms with Crippen molar-refractivity contribution in [3.05, 3.63) is 0 Å². The lowest BCUT2D eigenvalue weighted by Crippen LogP contribution is -2.67. The third-order valence-electron chi connectivity index (χ3n) is 3.95. The Labute approximate surface area is 108 Å². The standard InChI is InChI=1S/C14H20N2O2/c1-3-7-11(4-2)16-10-12(17)15-14(13(16)18)8-5-6-9-14/h2,11H,3,5-10H2,1H3,(H,15,17). The van der Waals surface area contributed by atoms with Gasteiger partial charge >= 0.3 is 0 Å². The third-order valence-corrected chi connectivity index (χ3v) is 3.95. The Morgan fingerprint density at radius 1 is 1.44 bits per heavy atom. The predicted molar refractivity (Wildman–Crippen MR) is 68.6 cm³/mol. The molecule has 1 N–H and O–H groups in total. The minimum absolute atomic E-state index is 0.0241. The van der Waals surface area contributed by atoms with E-state index in [4.69, 9.17) is 6.42 Å². The molecule has 1 spiro atoms. The van der Waals surface area contributed by atoms with Gasteiger partial charge in [-0.1, -0.05) is 32.1 Å². The van der Waals surface area contributed by atoms with Crippen molar-refractivity contribution in [1.82, 2.24) is 10.2 Å². The van der Waals surface area contributed by atoms with Gasteiger partial charge in [0.1, 0.15) is 12.1 Å². The van der Waals surface area contributed by atoms with Crippen molar-refractivity contribution in [2.45, 2.75) is 57.0 Å². The molecule has 0 aromatic heterocycles. The van der Waals surface area contributed by atoms with Gasteiger partial charge in [0.05, 0.1) is 6.04 Å². The molecule has 1 unspecified atom stereocenters. The van der Waals surface area contributed by atoms with Crippen LogP contribution in [0.1, 0.15) is 45.4 Å². The molecule has 0 aromatic carbocycles. The lowest BCUT2D eigenvalue weighted by atomic mass is 9.91. The number of piperazine rings is 1. The van der Waals surface area contributed by atoms with Crippen LogP contribution in [-0.4, -0.2) is 34.8 Å². The first-order valence-corrected chi connectivity index (χ1v) is 6.71. The lowest BCUT2D eigenvalue weighted by Gasteiger charge is -2.41. The van der Waals surface area contributed by atoms with Gasteiger partial charge in [0.2, 0.25) is 11.8 Å². The van der Waals surface area contributed by atoms with Crippen LogP contribution in [0.25, 0.3) is 0 Å². The van der Waals surface area contributed by atoms with Gasteiger partial charge in [-0.05, 0) is 19.3 Å². The molecule has 1 aliphatic heterocycles. The molecule has 98 valence electrons. The summed E-state index contributed by atoms with van der Waals surface area (Å²) < 4.78 is 0. The van der Waals surface area contributed by atoms with Gasteiger partial charge in [-0.15, -0.1) is 6.42 Å². The monoisotopic (exact) mass is 248 g/mol. The molecule has 4 heteroatoms. The summed E-state index contributed by atoms with van der Waals surface area (Å²) in [6.07, 6.45) is 10.7. The molecule has 2 rings (SSSR count). The van der Waals surface area contributed by atoms with Gasteiger partial charge in [0.25, 0.3) is 0 Å². The van der Waals surface area contributed by atoms with Crippen molar-refractivity contribution in [2.24, 2.45) is 0 Å². The summed E-state index contributed by atoms with van der Waals surface area (Å²) in [6, 6.07) is -0.244. The van der Waals surface area contributed by atoms with Crippen LogP contribution >= 0.6 is 0 Å². The molecular formula is C14H20N2O2. The second kappa shape index (κ2) is 5.01. The number of rotatable bonds is 3. The molecule has 1 heterocycles. The van der Waals surface area contributed by atoms with Crippen LogP contribution in [0.15, 0.2) is 0 Å². The van der Waals surface area contributed by atoms with Crippen molar-refractivity contribution >= 4 is 11.8 Å². The Morgan fingerprint density at radius 2 is 2.11 bits per heavy atom. The number of hydrogen-bond donors (Lipinski definition) is 1. The molecule has 4 nitrogen and oxygen atoms in total. The van der Waals surface area contributed by atoms with Gasteiger partial charge in [0.15, 0.2) is 0 Å². The maximum atomic E-state index is 12.6. The van der Waals surface area contributed by atoms with E-state index in [1.807, 2.05) is 6.92 Å². The van der Waals surface area contributed by atoms with Crippen LogP contribution in [0.4, 0.5) is 0 Å². The molecule has 0 bridgehead atoms. The van der Waals surface area contributed by atoms with Gasteiger partial charge in [-0.2, -0.15) is 0 Å². The smallest absolute Gasteiger partial charge is 0.249 e. The molecule has 0 aromatic rings. The number of nitrogens with zero attached hydrogens (tertiary/aromatic N) is 1. The Kier molecular flexibility index (Phi) is 3.60. The topological polar surface area (TPSA) is 49.4 Å². The molecule has 2 aliphatic rings. The van der Waals surface area contributed by atoms with Crippen LogP contribution in [0.2, 0.25) is 0 Å². The maximum Gasteiger partial charge on any atom is 0.249 e. The van der Waals surface area contributed by atoms with Crippen LogP contribution < -0.4 is 5.32 Å². The van der Waals surface area contributed by atoms with Crippen molar-refractivity contribution in [3.63, 3.8) is 0 Å². The highest BCUT2D eigenvalue weighted by atomic mass is 16.2. The number of nitrogens with one attached hydrogen (secondary N) is 1. The van der Waals surface area contributed by atoms with Crippen molar-refractivity contribution in [2.75, 3.05) is 6.54 Å². The predicted octanol–water partition coefficient (Wildman–Crippen LogP) is 1.06. The summed E-state index contributed by atoms with van der Waals surface area (Å²) in [5.74, 6) is 2.60. The molecule has 1 saturated heterocycles. The molecule has 1 aliphatic carbocycles. The highest BCUT2D eigenvalue weighted by Gasteiger charge is 2.49. The zero-order chi connectivity index (χ0) is 13.2. The fourth-order valence-electron chi connectivity index (χ4n) is 3.03. The van der Waals surface area contributed by atoms with E-state index in [0.717, 1.165) is 38.5 Å². The number of hydrogen-bond acceptors (Lipinski definition) is 2. The van der Waals surface area contributed by atoms with Crippen molar-refractivity contribution < 1.29 is 9.59 Å². The number of carbonyl (C=O) groups is 2. The number of amides is 2. The van der Waals surface area contributed by atoms with E-state index in [0.29, 0.717) is 0 Å². The second-order valence-corrected chi connectivity index (χ2v) is 5.24. The average Bonchev–Trinajstić information content (AvgIpc) is 2.80. The fraction of sp³-hybridized carbons (Fsp3) is 0.714. The molecule has 1 saturated carbocycles. The summed E-state index contributed by atoms with van der Waals surface area (Å²) in [5, 5.41) is 2.89.